The van der Waals surface area contributed by atoms with Crippen molar-refractivity contribution in [3.05, 3.63) is 59.1 Å². The quantitative estimate of drug-likeness (QED) is 0.311. The number of likely N-dealkylation sites (N-methyl/N-ethyl adjacent to an activating group) is 2. The Kier molecular flexibility index (Phi) is 9.52. The number of nitrogens with one attached hydrogen (secondary N) is 3. The number of aromatic nitrogens is 2. The van der Waals surface area contributed by atoms with Crippen LogP contribution in [0.15, 0.2) is 36.4 Å². The monoisotopic (exact) mass is 493 g/mol. The zero-order valence-electron chi connectivity index (χ0n) is 21.1. The Bertz CT molecular complexity index is 1130. The lowest BCUT2D eigenvalue weighted by molar-refractivity contribution is -0.131. The number of benzene rings is 1. The molecule has 10 nitrogen and oxygen atoms in total. The fraction of sp³-hybridized carbons (Fsp3) is 0.423. The highest BCUT2D eigenvalue weighted by Gasteiger charge is 2.30. The first-order valence-corrected chi connectivity index (χ1v) is 12.2. The van der Waals surface area contributed by atoms with Crippen LogP contribution in [0.2, 0.25) is 0 Å². The number of primary amides is 1. The topological polar surface area (TPSA) is 142 Å². The molecule has 1 heterocycles. The summed E-state index contributed by atoms with van der Waals surface area (Å²) in [5, 5.41) is 8.97. The maximum atomic E-state index is 12.2. The number of hydrogen-bond acceptors (Lipinski definition) is 7. The highest BCUT2D eigenvalue weighted by molar-refractivity contribution is 5.96. The van der Waals surface area contributed by atoms with E-state index in [1.165, 1.54) is 11.0 Å². The number of carbonyl (C=O) groups is 3. The lowest BCUT2D eigenvalue weighted by Crippen LogP contribution is -2.38. The molecule has 1 aromatic heterocycles. The first kappa shape index (κ1) is 26.8. The highest BCUT2D eigenvalue weighted by atomic mass is 16.2. The number of nitrogens with two attached hydrogens (primary N) is 1. The molecule has 0 radical (unpaired) electrons. The van der Waals surface area contributed by atoms with Gasteiger partial charge < -0.3 is 26.6 Å². The first-order chi connectivity index (χ1) is 17.3. The Balaban J connectivity index is 1.59. The lowest BCUT2D eigenvalue weighted by Gasteiger charge is -2.15. The van der Waals surface area contributed by atoms with Crippen molar-refractivity contribution >= 4 is 29.2 Å². The van der Waals surface area contributed by atoms with E-state index in [0.29, 0.717) is 37.7 Å². The van der Waals surface area contributed by atoms with Crippen LogP contribution in [0.3, 0.4) is 0 Å². The molecule has 2 aromatic rings. The van der Waals surface area contributed by atoms with Crippen LogP contribution in [-0.4, -0.2) is 66.3 Å². The number of carbonyl (C=O) groups excluding carboxylic acids is 3. The molecule has 1 aliphatic carbocycles. The SMILES string of the molecule is CCc1nc(C(N)=O)c(Nc2cccc(CCNC(=O)CN(C)C(=O)/C=C/CNC)c2)nc1C1CC1. The Hall–Kier alpha value is -3.79. The van der Waals surface area contributed by atoms with Gasteiger partial charge in [0.25, 0.3) is 5.91 Å². The summed E-state index contributed by atoms with van der Waals surface area (Å²) >= 11 is 0. The van der Waals surface area contributed by atoms with E-state index >= 15 is 0 Å². The predicted octanol–water partition coefficient (Wildman–Crippen LogP) is 1.65. The molecule has 1 saturated carbocycles. The second-order valence-electron chi connectivity index (χ2n) is 8.82. The molecule has 1 aromatic carbocycles. The van der Waals surface area contributed by atoms with Gasteiger partial charge >= 0.3 is 0 Å². The van der Waals surface area contributed by atoms with Crippen molar-refractivity contribution < 1.29 is 14.4 Å². The van der Waals surface area contributed by atoms with Gasteiger partial charge in [-0.2, -0.15) is 0 Å². The van der Waals surface area contributed by atoms with E-state index in [1.807, 2.05) is 31.2 Å². The van der Waals surface area contributed by atoms with Gasteiger partial charge in [-0.1, -0.05) is 25.1 Å². The average Bonchev–Trinajstić information content (AvgIpc) is 3.69. The summed E-state index contributed by atoms with van der Waals surface area (Å²) in [5.74, 6) is -0.324. The Morgan fingerprint density at radius 3 is 2.67 bits per heavy atom. The Morgan fingerprint density at radius 1 is 1.22 bits per heavy atom. The molecule has 1 aliphatic rings. The van der Waals surface area contributed by atoms with E-state index in [0.717, 1.165) is 35.5 Å². The summed E-state index contributed by atoms with van der Waals surface area (Å²) in [5.41, 5.74) is 9.22. The normalized spacial score (nSPS) is 13.0. The second kappa shape index (κ2) is 12.8. The van der Waals surface area contributed by atoms with Crippen molar-refractivity contribution in [3.63, 3.8) is 0 Å². The Morgan fingerprint density at radius 2 is 2.00 bits per heavy atom. The molecule has 3 rings (SSSR count). The standard InChI is InChI=1S/C26H35N7O3/c1-4-20-23(18-10-11-18)32-26(24(31-20)25(27)36)30-19-8-5-7-17(15-19)12-14-29-21(34)16-33(3)22(35)9-6-13-28-2/h5-9,15,18,28H,4,10-14,16H2,1-3H3,(H2,27,36)(H,29,34)(H,30,32)/b9-6+. The van der Waals surface area contributed by atoms with Crippen molar-refractivity contribution in [2.75, 3.05) is 39.0 Å². The van der Waals surface area contributed by atoms with E-state index in [2.05, 4.69) is 20.9 Å². The molecule has 10 heteroatoms. The first-order valence-electron chi connectivity index (χ1n) is 12.2. The summed E-state index contributed by atoms with van der Waals surface area (Å²) < 4.78 is 0. The molecule has 0 unspecified atom stereocenters. The van der Waals surface area contributed by atoms with Crippen LogP contribution in [0.4, 0.5) is 11.5 Å². The van der Waals surface area contributed by atoms with E-state index in [9.17, 15) is 14.4 Å². The third kappa shape index (κ3) is 7.61. The van der Waals surface area contributed by atoms with Crippen molar-refractivity contribution in [2.24, 2.45) is 5.73 Å². The Labute approximate surface area is 211 Å². The third-order valence-corrected chi connectivity index (χ3v) is 5.80. The van der Waals surface area contributed by atoms with Crippen LogP contribution < -0.4 is 21.7 Å². The van der Waals surface area contributed by atoms with Gasteiger partial charge in [0.15, 0.2) is 11.5 Å². The van der Waals surface area contributed by atoms with Crippen LogP contribution in [0, 0.1) is 0 Å². The van der Waals surface area contributed by atoms with Gasteiger partial charge in [0.05, 0.1) is 17.9 Å². The molecule has 0 saturated heterocycles. The van der Waals surface area contributed by atoms with Gasteiger partial charge in [0, 0.05) is 37.8 Å². The summed E-state index contributed by atoms with van der Waals surface area (Å²) in [4.78, 5) is 46.9. The molecule has 5 N–H and O–H groups in total. The molecule has 3 amide bonds. The van der Waals surface area contributed by atoms with Crippen molar-refractivity contribution in [1.29, 1.82) is 0 Å². The van der Waals surface area contributed by atoms with Gasteiger partial charge in [0.1, 0.15) is 0 Å². The van der Waals surface area contributed by atoms with E-state index in [4.69, 9.17) is 10.7 Å². The molecule has 0 bridgehead atoms. The zero-order valence-corrected chi connectivity index (χ0v) is 21.1. The molecule has 36 heavy (non-hydrogen) atoms. The number of amides is 3. The van der Waals surface area contributed by atoms with Gasteiger partial charge in [-0.15, -0.1) is 0 Å². The summed E-state index contributed by atoms with van der Waals surface area (Å²) in [6, 6.07) is 7.66. The minimum Gasteiger partial charge on any atom is -0.364 e. The van der Waals surface area contributed by atoms with Crippen molar-refractivity contribution in [2.45, 2.75) is 38.5 Å². The minimum atomic E-state index is -0.623. The van der Waals surface area contributed by atoms with Crippen molar-refractivity contribution in [1.82, 2.24) is 25.5 Å². The fourth-order valence-electron chi connectivity index (χ4n) is 3.73. The zero-order chi connectivity index (χ0) is 26.1. The predicted molar refractivity (Wildman–Crippen MR) is 139 cm³/mol. The average molecular weight is 494 g/mol. The van der Waals surface area contributed by atoms with Crippen LogP contribution in [0.25, 0.3) is 0 Å². The van der Waals surface area contributed by atoms with Crippen LogP contribution >= 0.6 is 0 Å². The van der Waals surface area contributed by atoms with E-state index < -0.39 is 5.91 Å². The van der Waals surface area contributed by atoms with Gasteiger partial charge in [-0.25, -0.2) is 9.97 Å². The van der Waals surface area contributed by atoms with Gasteiger partial charge in [-0.3, -0.25) is 14.4 Å². The minimum absolute atomic E-state index is 0.0179. The second-order valence-corrected chi connectivity index (χ2v) is 8.82. The smallest absolute Gasteiger partial charge is 0.271 e. The number of anilines is 2. The molecule has 1 fully saturated rings. The number of rotatable bonds is 13. The van der Waals surface area contributed by atoms with Gasteiger partial charge in [0.2, 0.25) is 11.8 Å². The largest absolute Gasteiger partial charge is 0.364 e. The van der Waals surface area contributed by atoms with E-state index in [-0.39, 0.29) is 24.1 Å². The molecule has 0 atom stereocenters. The van der Waals surface area contributed by atoms with Gasteiger partial charge in [-0.05, 0) is 50.4 Å². The lowest BCUT2D eigenvalue weighted by atomic mass is 10.1. The molecule has 0 spiro atoms. The van der Waals surface area contributed by atoms with Crippen molar-refractivity contribution in [3.8, 4) is 0 Å². The maximum absolute atomic E-state index is 12.2. The maximum Gasteiger partial charge on any atom is 0.271 e. The fourth-order valence-corrected chi connectivity index (χ4v) is 3.73. The highest BCUT2D eigenvalue weighted by Crippen LogP contribution is 2.41. The summed E-state index contributed by atoms with van der Waals surface area (Å²) in [7, 11) is 3.38. The number of aryl methyl sites for hydroxylation is 1. The number of nitrogens with zero attached hydrogens (tertiary/aromatic N) is 3. The van der Waals surface area contributed by atoms with E-state index in [1.54, 1.807) is 20.2 Å². The summed E-state index contributed by atoms with van der Waals surface area (Å²) in [6.07, 6.45) is 6.60. The molecule has 0 aliphatic heterocycles. The number of hydrogen-bond donors (Lipinski definition) is 4. The molecular weight excluding hydrogens is 458 g/mol. The van der Waals surface area contributed by atoms with Crippen LogP contribution in [0.5, 0.6) is 0 Å². The molecule has 192 valence electrons. The summed E-state index contributed by atoms with van der Waals surface area (Å²) in [6.45, 7) is 2.98. The van der Waals surface area contributed by atoms with Crippen LogP contribution in [0.1, 0.15) is 53.1 Å². The van der Waals surface area contributed by atoms with Crippen LogP contribution in [-0.2, 0) is 22.4 Å². The third-order valence-electron chi connectivity index (χ3n) is 5.80. The molecular formula is C26H35N7O3.